The summed E-state index contributed by atoms with van der Waals surface area (Å²) < 4.78 is 5.12. The fraction of sp³-hybridized carbons (Fsp3) is 0.333. The number of benzene rings is 2. The normalized spacial score (nSPS) is 17.2. The third-order valence-corrected chi connectivity index (χ3v) is 6.94. The molecule has 0 aliphatic heterocycles. The number of carbonyl (C=O) groups is 2. The van der Waals surface area contributed by atoms with Gasteiger partial charge in [-0.1, -0.05) is 42.0 Å². The maximum Gasteiger partial charge on any atom is 0.160 e. The molecule has 4 rings (SSSR count). The molecule has 37 heavy (non-hydrogen) atoms. The Hall–Kier alpha value is -3.84. The number of carbonyl (C=O) groups excluding carboxylic acids is 2. The zero-order valence-electron chi connectivity index (χ0n) is 20.8. The molecule has 0 amide bonds. The van der Waals surface area contributed by atoms with Crippen LogP contribution in [-0.2, 0) is 22.4 Å². The Labute approximate surface area is 216 Å². The molecule has 1 aliphatic rings. The van der Waals surface area contributed by atoms with Crippen molar-refractivity contribution < 1.29 is 29.6 Å². The molecule has 1 aliphatic carbocycles. The van der Waals surface area contributed by atoms with Gasteiger partial charge in [0.25, 0.3) is 0 Å². The Morgan fingerprint density at radius 1 is 1.05 bits per heavy atom. The first-order chi connectivity index (χ1) is 17.8. The third kappa shape index (κ3) is 6.68. The van der Waals surface area contributed by atoms with E-state index in [0.717, 1.165) is 22.4 Å². The van der Waals surface area contributed by atoms with Crippen molar-refractivity contribution >= 4 is 17.6 Å². The van der Waals surface area contributed by atoms with Crippen LogP contribution >= 0.6 is 0 Å². The maximum absolute atomic E-state index is 13.3. The summed E-state index contributed by atoms with van der Waals surface area (Å²) >= 11 is 0. The highest BCUT2D eigenvalue weighted by atomic mass is 16.5. The summed E-state index contributed by atoms with van der Waals surface area (Å²) in [5.74, 6) is -0.516. The number of aromatic hydroxyl groups is 2. The second kappa shape index (κ2) is 11.9. The first kappa shape index (κ1) is 26.2. The van der Waals surface area contributed by atoms with Gasteiger partial charge in [-0.05, 0) is 67.0 Å². The van der Waals surface area contributed by atoms with Crippen LogP contribution in [0.25, 0.3) is 6.08 Å². The monoisotopic (exact) mass is 502 g/mol. The molecule has 0 saturated carbocycles. The average Bonchev–Trinajstić information content (AvgIpc) is 3.36. The Morgan fingerprint density at radius 3 is 2.65 bits per heavy atom. The Balaban J connectivity index is 1.37. The third-order valence-electron chi connectivity index (χ3n) is 6.94. The highest BCUT2D eigenvalue weighted by Gasteiger charge is 2.32. The molecule has 1 aromatic heterocycles. The van der Waals surface area contributed by atoms with Crippen LogP contribution in [0.2, 0.25) is 0 Å². The van der Waals surface area contributed by atoms with Crippen molar-refractivity contribution in [1.82, 2.24) is 4.98 Å². The number of phenolic OH excluding ortho intramolecular Hbond substituents is 2. The van der Waals surface area contributed by atoms with Crippen molar-refractivity contribution in [1.29, 1.82) is 0 Å². The van der Waals surface area contributed by atoms with Crippen molar-refractivity contribution in [3.63, 3.8) is 0 Å². The van der Waals surface area contributed by atoms with E-state index in [1.807, 2.05) is 24.3 Å². The molecule has 3 N–H and O–H groups in total. The van der Waals surface area contributed by atoms with E-state index in [4.69, 9.17) is 4.74 Å². The topological polar surface area (TPSA) is 118 Å². The van der Waals surface area contributed by atoms with Gasteiger partial charge in [-0.2, -0.15) is 6.20 Å². The van der Waals surface area contributed by atoms with Gasteiger partial charge in [0.1, 0.15) is 17.3 Å². The predicted octanol–water partition coefficient (Wildman–Crippen LogP) is 4.34. The standard InChI is InChI=1S/C30H32NO6/c1-37-30-16-20(7-12-28(30)35)6-9-23(34)18-29(36)25-10-11-27-24(13-14-31-27)26(25)17-22(33)8-5-19-3-2-4-21(32)15-19/h2-4,7,10-16,22,25-26,32-33,35H,5-6,8-9,17-18H2,1H3/q-1/t22-,25-,26-/m1/s1. The quantitative estimate of drug-likeness (QED) is 0.315. The number of rotatable bonds is 12. The van der Waals surface area contributed by atoms with Crippen molar-refractivity contribution in [2.24, 2.45) is 5.92 Å². The number of allylic oxidation sites excluding steroid dienone is 1. The first-order valence-electron chi connectivity index (χ1n) is 12.5. The van der Waals surface area contributed by atoms with E-state index in [-0.39, 0.29) is 41.8 Å². The number of hydrogen-bond acceptors (Lipinski definition) is 6. The molecule has 0 bridgehead atoms. The van der Waals surface area contributed by atoms with Crippen LogP contribution in [0.5, 0.6) is 17.2 Å². The second-order valence-electron chi connectivity index (χ2n) is 9.56. The summed E-state index contributed by atoms with van der Waals surface area (Å²) in [6, 6.07) is 13.8. The molecule has 0 radical (unpaired) electrons. The van der Waals surface area contributed by atoms with Crippen LogP contribution in [0.1, 0.15) is 54.0 Å². The number of aromatic nitrogens is 1. The molecule has 3 atom stereocenters. The van der Waals surface area contributed by atoms with Gasteiger partial charge < -0.3 is 25.0 Å². The number of hydrogen-bond donors (Lipinski definition) is 3. The first-order valence-corrected chi connectivity index (χ1v) is 12.5. The smallest absolute Gasteiger partial charge is 0.160 e. The van der Waals surface area contributed by atoms with Gasteiger partial charge in [0, 0.05) is 12.3 Å². The number of ketones is 2. The summed E-state index contributed by atoms with van der Waals surface area (Å²) in [4.78, 5) is 30.3. The van der Waals surface area contributed by atoms with Crippen LogP contribution in [0.4, 0.5) is 0 Å². The van der Waals surface area contributed by atoms with Gasteiger partial charge in [0.2, 0.25) is 0 Å². The summed E-state index contributed by atoms with van der Waals surface area (Å²) in [7, 11) is 1.47. The molecule has 1 heterocycles. The van der Waals surface area contributed by atoms with Gasteiger partial charge in [0.05, 0.1) is 19.6 Å². The molecule has 0 fully saturated rings. The second-order valence-corrected chi connectivity index (χ2v) is 9.56. The SMILES string of the molecule is COc1cc(CCC(=O)CC(=O)[C@@H]2C=Cc3[n-]ccc3[C@H]2C[C@H](O)CCc2cccc(O)c2)ccc1O. The number of phenols is 2. The van der Waals surface area contributed by atoms with E-state index >= 15 is 0 Å². The Kier molecular flexibility index (Phi) is 8.46. The van der Waals surface area contributed by atoms with Crippen molar-refractivity contribution in [2.75, 3.05) is 7.11 Å². The summed E-state index contributed by atoms with van der Waals surface area (Å²) in [5, 5.41) is 30.3. The summed E-state index contributed by atoms with van der Waals surface area (Å²) in [5.41, 5.74) is 3.48. The maximum atomic E-state index is 13.3. The van der Waals surface area contributed by atoms with E-state index < -0.39 is 12.0 Å². The highest BCUT2D eigenvalue weighted by Crippen LogP contribution is 2.38. The van der Waals surface area contributed by atoms with Crippen LogP contribution < -0.4 is 9.72 Å². The largest absolute Gasteiger partial charge is 0.664 e. The molecule has 7 nitrogen and oxygen atoms in total. The lowest BCUT2D eigenvalue weighted by Crippen LogP contribution is -2.28. The number of Topliss-reactive ketones (excluding diaryl/α,β-unsaturated/α-hetero) is 2. The lowest BCUT2D eigenvalue weighted by Gasteiger charge is -2.31. The minimum atomic E-state index is -0.655. The number of nitrogens with zero attached hydrogens (tertiary/aromatic N) is 1. The molecule has 0 unspecified atom stereocenters. The molecule has 0 saturated heterocycles. The molecular weight excluding hydrogens is 470 g/mol. The van der Waals surface area contributed by atoms with Crippen LogP contribution in [0.3, 0.4) is 0 Å². The van der Waals surface area contributed by atoms with Crippen molar-refractivity contribution in [3.05, 3.63) is 83.2 Å². The lowest BCUT2D eigenvalue weighted by molar-refractivity contribution is -0.128. The molecule has 0 spiro atoms. The fourth-order valence-corrected chi connectivity index (χ4v) is 4.96. The van der Waals surface area contributed by atoms with Gasteiger partial charge in [-0.25, -0.2) is 0 Å². The van der Waals surface area contributed by atoms with Crippen LogP contribution in [0, 0.1) is 5.92 Å². The highest BCUT2D eigenvalue weighted by molar-refractivity contribution is 6.01. The number of aliphatic hydroxyl groups is 1. The van der Waals surface area contributed by atoms with E-state index in [1.165, 1.54) is 13.2 Å². The molecule has 194 valence electrons. The molecule has 3 aromatic rings. The minimum absolute atomic E-state index is 0.0355. The summed E-state index contributed by atoms with van der Waals surface area (Å²) in [6.07, 6.45) is 6.61. The van der Waals surface area contributed by atoms with E-state index in [2.05, 4.69) is 4.98 Å². The minimum Gasteiger partial charge on any atom is -0.664 e. The van der Waals surface area contributed by atoms with E-state index in [1.54, 1.807) is 36.5 Å². The lowest BCUT2D eigenvalue weighted by atomic mass is 9.75. The number of fused-ring (bicyclic) bond motifs is 1. The van der Waals surface area contributed by atoms with Crippen molar-refractivity contribution in [3.8, 4) is 17.2 Å². The van der Waals surface area contributed by atoms with Crippen LogP contribution in [-0.4, -0.2) is 40.1 Å². The van der Waals surface area contributed by atoms with E-state index in [9.17, 15) is 24.9 Å². The van der Waals surface area contributed by atoms with Gasteiger partial charge in [0.15, 0.2) is 11.5 Å². The van der Waals surface area contributed by atoms with Crippen molar-refractivity contribution in [2.45, 2.75) is 50.5 Å². The predicted molar refractivity (Wildman–Crippen MR) is 140 cm³/mol. The number of methoxy groups -OCH3 is 1. The summed E-state index contributed by atoms with van der Waals surface area (Å²) in [6.45, 7) is 0. The number of ether oxygens (including phenoxy) is 1. The van der Waals surface area contributed by atoms with Crippen LogP contribution in [0.15, 0.2) is 60.8 Å². The van der Waals surface area contributed by atoms with Gasteiger partial charge >= 0.3 is 0 Å². The number of aryl methyl sites for hydroxylation is 2. The Bertz CT molecular complexity index is 1280. The molecule has 2 aromatic carbocycles. The van der Waals surface area contributed by atoms with E-state index in [0.29, 0.717) is 31.4 Å². The zero-order valence-corrected chi connectivity index (χ0v) is 20.8. The van der Waals surface area contributed by atoms with Gasteiger partial charge in [-0.15, -0.1) is 5.69 Å². The number of aliphatic hydroxyl groups excluding tert-OH is 1. The Morgan fingerprint density at radius 2 is 1.86 bits per heavy atom. The average molecular weight is 503 g/mol. The fourth-order valence-electron chi connectivity index (χ4n) is 4.96. The molecular formula is C30H32NO6-. The van der Waals surface area contributed by atoms with Gasteiger partial charge in [-0.3, -0.25) is 9.59 Å². The zero-order chi connectivity index (χ0) is 26.4. The molecule has 7 heteroatoms.